The van der Waals surface area contributed by atoms with E-state index in [4.69, 9.17) is 42.1 Å². The molecule has 0 radical (unpaired) electrons. The summed E-state index contributed by atoms with van der Waals surface area (Å²) in [5.74, 6) is 0.908. The molecule has 3 rings (SSSR count). The fourth-order valence-corrected chi connectivity index (χ4v) is 4.65. The lowest BCUT2D eigenvalue weighted by atomic mass is 10.1. The van der Waals surface area contributed by atoms with E-state index in [0.29, 0.717) is 41.4 Å². The minimum atomic E-state index is -0.639. The summed E-state index contributed by atoms with van der Waals surface area (Å²) < 4.78 is 22.5. The summed E-state index contributed by atoms with van der Waals surface area (Å²) in [4.78, 5) is 25.4. The molecule has 3 aromatic rings. The maximum Gasteiger partial charge on any atom is 0.343 e. The second-order valence-corrected chi connectivity index (χ2v) is 11.6. The van der Waals surface area contributed by atoms with Gasteiger partial charge in [-0.15, -0.1) is 6.58 Å². The quantitative estimate of drug-likeness (QED) is 0.0561. The van der Waals surface area contributed by atoms with E-state index in [2.05, 4.69) is 20.4 Å². The second kappa shape index (κ2) is 19.0. The number of rotatable bonds is 19. The average molecular weight is 642 g/mol. The molecule has 0 heterocycles. The third-order valence-electron chi connectivity index (χ3n) is 7.11. The molecule has 0 aliphatic heterocycles. The summed E-state index contributed by atoms with van der Waals surface area (Å²) in [5, 5.41) is 0.408. The summed E-state index contributed by atoms with van der Waals surface area (Å²) in [6.45, 7) is 9.16. The van der Waals surface area contributed by atoms with Crippen molar-refractivity contribution in [3.8, 4) is 23.0 Å². The van der Waals surface area contributed by atoms with Gasteiger partial charge in [-0.3, -0.25) is 0 Å². The van der Waals surface area contributed by atoms with E-state index in [-0.39, 0.29) is 21.9 Å². The highest BCUT2D eigenvalue weighted by molar-refractivity contribution is 6.33. The van der Waals surface area contributed by atoms with Crippen LogP contribution in [0.4, 0.5) is 0 Å². The van der Waals surface area contributed by atoms with Crippen LogP contribution in [0.3, 0.4) is 0 Å². The first-order chi connectivity index (χ1) is 21.3. The molecule has 3 aromatic carbocycles. The first kappa shape index (κ1) is 35.0. The van der Waals surface area contributed by atoms with Gasteiger partial charge in [-0.25, -0.2) is 9.59 Å². The fraction of sp³-hybridized carbons (Fsp3) is 0.389. The van der Waals surface area contributed by atoms with Crippen molar-refractivity contribution >= 4 is 35.1 Å². The molecule has 0 saturated carbocycles. The Labute approximate surface area is 271 Å². The molecule has 0 bridgehead atoms. The van der Waals surface area contributed by atoms with E-state index in [1.807, 2.05) is 6.08 Å². The van der Waals surface area contributed by atoms with Gasteiger partial charge in [0.05, 0.1) is 34.4 Å². The van der Waals surface area contributed by atoms with Crippen LogP contribution in [0.25, 0.3) is 0 Å². The number of benzene rings is 3. The maximum absolute atomic E-state index is 12.8. The Morgan fingerprint density at radius 3 is 1.86 bits per heavy atom. The molecule has 0 unspecified atom stereocenters. The van der Waals surface area contributed by atoms with Gasteiger partial charge in [0.1, 0.15) is 23.0 Å². The van der Waals surface area contributed by atoms with Crippen LogP contribution in [-0.4, -0.2) is 25.2 Å². The molecular formula is C36H42Cl2O6. The fourth-order valence-electron chi connectivity index (χ4n) is 4.20. The number of carbonyl (C=O) groups excluding carboxylic acids is 2. The van der Waals surface area contributed by atoms with Crippen molar-refractivity contribution < 1.29 is 28.5 Å². The average Bonchev–Trinajstić information content (AvgIpc) is 3.02. The first-order valence-corrected chi connectivity index (χ1v) is 16.1. The Hall–Kier alpha value is -3.48. The van der Waals surface area contributed by atoms with E-state index in [9.17, 15) is 9.59 Å². The monoisotopic (exact) mass is 640 g/mol. The lowest BCUT2D eigenvalue weighted by molar-refractivity contribution is 0.0730. The number of hydrogen-bond donors (Lipinski definition) is 0. The molecule has 0 saturated heterocycles. The van der Waals surface area contributed by atoms with Gasteiger partial charge in [0, 0.05) is 0 Å². The van der Waals surface area contributed by atoms with Crippen LogP contribution >= 0.6 is 23.2 Å². The van der Waals surface area contributed by atoms with Crippen molar-refractivity contribution in [3.05, 3.63) is 94.5 Å². The molecule has 6 nitrogen and oxygen atoms in total. The molecule has 236 valence electrons. The largest absolute Gasteiger partial charge is 0.493 e. The zero-order valence-electron chi connectivity index (χ0n) is 25.6. The zero-order chi connectivity index (χ0) is 31.7. The lowest BCUT2D eigenvalue weighted by Crippen LogP contribution is -2.11. The highest BCUT2D eigenvalue weighted by atomic mass is 35.5. The van der Waals surface area contributed by atoms with Gasteiger partial charge in [0.2, 0.25) is 0 Å². The van der Waals surface area contributed by atoms with Crippen LogP contribution in [0.15, 0.2) is 73.3 Å². The first-order valence-electron chi connectivity index (χ1n) is 15.3. The Bertz CT molecular complexity index is 1360. The Kier molecular flexibility index (Phi) is 15.1. The summed E-state index contributed by atoms with van der Waals surface area (Å²) in [6, 6.07) is 15.9. The Morgan fingerprint density at radius 1 is 0.727 bits per heavy atom. The van der Waals surface area contributed by atoms with E-state index in [0.717, 1.165) is 25.7 Å². The number of esters is 2. The number of ether oxygens (including phenoxy) is 4. The van der Waals surface area contributed by atoms with Crippen LogP contribution in [0.5, 0.6) is 23.0 Å². The van der Waals surface area contributed by atoms with Gasteiger partial charge in [-0.2, -0.15) is 0 Å². The van der Waals surface area contributed by atoms with Crippen LogP contribution < -0.4 is 18.9 Å². The highest BCUT2D eigenvalue weighted by Gasteiger charge is 2.17. The second-order valence-electron chi connectivity index (χ2n) is 10.8. The summed E-state index contributed by atoms with van der Waals surface area (Å²) >= 11 is 12.7. The molecule has 0 spiro atoms. The Balaban J connectivity index is 1.45. The molecular weight excluding hydrogens is 599 g/mol. The Morgan fingerprint density at radius 2 is 1.27 bits per heavy atom. The molecule has 8 heteroatoms. The molecule has 0 aliphatic rings. The predicted molar refractivity (Wildman–Crippen MR) is 177 cm³/mol. The van der Waals surface area contributed by atoms with Gasteiger partial charge in [0.15, 0.2) is 0 Å². The van der Waals surface area contributed by atoms with E-state index in [1.54, 1.807) is 36.4 Å². The van der Waals surface area contributed by atoms with Crippen LogP contribution in [0, 0.1) is 5.92 Å². The minimum absolute atomic E-state index is 0.0874. The molecule has 0 aliphatic carbocycles. The topological polar surface area (TPSA) is 71.1 Å². The van der Waals surface area contributed by atoms with Gasteiger partial charge >= 0.3 is 11.9 Å². The van der Waals surface area contributed by atoms with E-state index >= 15 is 0 Å². The normalized spacial score (nSPS) is 11.5. The van der Waals surface area contributed by atoms with Gasteiger partial charge in [0.25, 0.3) is 0 Å². The number of carbonyl (C=O) groups is 2. The van der Waals surface area contributed by atoms with E-state index < -0.39 is 11.9 Å². The number of hydrogen-bond acceptors (Lipinski definition) is 6. The van der Waals surface area contributed by atoms with Crippen molar-refractivity contribution in [2.24, 2.45) is 5.92 Å². The molecule has 44 heavy (non-hydrogen) atoms. The zero-order valence-corrected chi connectivity index (χ0v) is 27.1. The maximum atomic E-state index is 12.8. The SMILES string of the molecule is C=CCCCCCCCCCOc1ccc(C(=O)Oc2ccc(C(=O)Oc3ccc(OC[C@@H](C)CC)cc3)cc2Cl)cc1Cl. The van der Waals surface area contributed by atoms with Crippen molar-refractivity contribution in [1.82, 2.24) is 0 Å². The van der Waals surface area contributed by atoms with E-state index in [1.165, 1.54) is 56.4 Å². The number of halogens is 2. The number of unbranched alkanes of at least 4 members (excludes halogenated alkanes) is 7. The minimum Gasteiger partial charge on any atom is -0.493 e. The molecule has 0 fully saturated rings. The van der Waals surface area contributed by atoms with Crippen LogP contribution in [-0.2, 0) is 0 Å². The predicted octanol–water partition coefficient (Wildman–Crippen LogP) is 10.5. The van der Waals surface area contributed by atoms with Gasteiger partial charge in [-0.1, -0.05) is 81.7 Å². The van der Waals surface area contributed by atoms with Crippen LogP contribution in [0.1, 0.15) is 92.4 Å². The van der Waals surface area contributed by atoms with Gasteiger partial charge in [-0.05, 0) is 85.8 Å². The third kappa shape index (κ3) is 11.9. The lowest BCUT2D eigenvalue weighted by Gasteiger charge is -2.12. The van der Waals surface area contributed by atoms with Crippen molar-refractivity contribution in [2.45, 2.75) is 71.6 Å². The summed E-state index contributed by atoms with van der Waals surface area (Å²) in [7, 11) is 0. The van der Waals surface area contributed by atoms with Crippen LogP contribution in [0.2, 0.25) is 10.0 Å². The molecule has 1 atom stereocenters. The molecule has 0 amide bonds. The van der Waals surface area contributed by atoms with Crippen molar-refractivity contribution in [2.75, 3.05) is 13.2 Å². The standard InChI is InChI=1S/C36H42Cl2O6/c1-4-6-7-8-9-10-11-12-13-22-41-33-20-14-28(23-31(33)37)36(40)44-34-21-15-27(24-32(34)38)35(39)43-30-18-16-29(17-19-30)42-25-26(3)5-2/h4,14-21,23-24,26H,1,5-13,22,25H2,2-3H3/t26-/m0/s1. The summed E-state index contributed by atoms with van der Waals surface area (Å²) in [5.41, 5.74) is 0.454. The smallest absolute Gasteiger partial charge is 0.343 e. The number of allylic oxidation sites excluding steroid dienone is 1. The molecule has 0 N–H and O–H groups in total. The third-order valence-corrected chi connectivity index (χ3v) is 7.70. The van der Waals surface area contributed by atoms with Crippen molar-refractivity contribution in [3.63, 3.8) is 0 Å². The van der Waals surface area contributed by atoms with Crippen molar-refractivity contribution in [1.29, 1.82) is 0 Å². The summed E-state index contributed by atoms with van der Waals surface area (Å²) in [6.07, 6.45) is 12.3. The van der Waals surface area contributed by atoms with Gasteiger partial charge < -0.3 is 18.9 Å². The highest BCUT2D eigenvalue weighted by Crippen LogP contribution is 2.30. The molecule has 0 aromatic heterocycles.